The third kappa shape index (κ3) is 4.54. The van der Waals surface area contributed by atoms with Gasteiger partial charge in [-0.15, -0.1) is 0 Å². The van der Waals surface area contributed by atoms with Crippen molar-refractivity contribution >= 4 is 44.4 Å². The van der Waals surface area contributed by atoms with E-state index in [-0.39, 0.29) is 11.0 Å². The van der Waals surface area contributed by atoms with E-state index < -0.39 is 15.6 Å². The van der Waals surface area contributed by atoms with Gasteiger partial charge in [-0.2, -0.15) is 0 Å². The number of para-hydroxylation sites is 1. The molecule has 4 rings (SSSR count). The highest BCUT2D eigenvalue weighted by atomic mass is 35.5. The van der Waals surface area contributed by atoms with E-state index in [9.17, 15) is 13.2 Å². The van der Waals surface area contributed by atoms with E-state index >= 15 is 0 Å². The molecule has 2 heterocycles. The standard InChI is InChI=1S/C24H28ClN3O4S/c1-17-20-10-5-6-11-21(20)28(33(30,31)19-9-7-8-18(25)16-19)22(17)26-12-14-27(15-13-26)23(29)32-24(2,3)4/h5-11,16H,12-15H2,1-4H3. The lowest BCUT2D eigenvalue weighted by Gasteiger charge is -2.37. The van der Waals surface area contributed by atoms with E-state index in [4.69, 9.17) is 16.3 Å². The van der Waals surface area contributed by atoms with Gasteiger partial charge in [0.15, 0.2) is 0 Å². The van der Waals surface area contributed by atoms with Crippen LogP contribution in [0.2, 0.25) is 5.02 Å². The molecule has 1 amide bonds. The molecule has 176 valence electrons. The SMILES string of the molecule is Cc1c(N2CCN(C(=O)OC(C)(C)C)CC2)n(S(=O)(=O)c2cccc(Cl)c2)c2ccccc12. The fraction of sp³-hybridized carbons (Fsp3) is 0.375. The molecule has 33 heavy (non-hydrogen) atoms. The Hall–Kier alpha value is -2.71. The molecule has 0 spiro atoms. The molecular formula is C24H28ClN3O4S. The van der Waals surface area contributed by atoms with Gasteiger partial charge < -0.3 is 14.5 Å². The number of nitrogens with zero attached hydrogens (tertiary/aromatic N) is 3. The Kier molecular flexibility index (Phi) is 6.09. The number of carbonyl (C=O) groups is 1. The van der Waals surface area contributed by atoms with Gasteiger partial charge in [-0.25, -0.2) is 17.2 Å². The molecule has 1 aliphatic rings. The summed E-state index contributed by atoms with van der Waals surface area (Å²) in [5.41, 5.74) is 0.920. The maximum absolute atomic E-state index is 13.8. The molecule has 1 fully saturated rings. The molecule has 1 saturated heterocycles. The van der Waals surface area contributed by atoms with Gasteiger partial charge in [-0.1, -0.05) is 35.9 Å². The maximum Gasteiger partial charge on any atom is 0.410 e. The predicted octanol–water partition coefficient (Wildman–Crippen LogP) is 4.90. The van der Waals surface area contributed by atoms with Crippen molar-refractivity contribution in [1.29, 1.82) is 0 Å². The number of hydrogen-bond donors (Lipinski definition) is 0. The summed E-state index contributed by atoms with van der Waals surface area (Å²) in [4.78, 5) is 16.3. The number of ether oxygens (including phenoxy) is 1. The predicted molar refractivity (Wildman–Crippen MR) is 131 cm³/mol. The van der Waals surface area contributed by atoms with Crippen LogP contribution in [0, 0.1) is 6.92 Å². The summed E-state index contributed by atoms with van der Waals surface area (Å²) in [5.74, 6) is 0.611. The number of fused-ring (bicyclic) bond motifs is 1. The molecule has 0 saturated carbocycles. The summed E-state index contributed by atoms with van der Waals surface area (Å²) >= 11 is 6.11. The van der Waals surface area contributed by atoms with Gasteiger partial charge in [0, 0.05) is 42.2 Å². The van der Waals surface area contributed by atoms with Gasteiger partial charge in [0.2, 0.25) is 0 Å². The van der Waals surface area contributed by atoms with Gasteiger partial charge in [-0.05, 0) is 52.0 Å². The zero-order valence-electron chi connectivity index (χ0n) is 19.2. The number of aromatic nitrogens is 1. The van der Waals surface area contributed by atoms with Gasteiger partial charge in [0.25, 0.3) is 10.0 Å². The van der Waals surface area contributed by atoms with E-state index in [0.29, 0.717) is 42.5 Å². The van der Waals surface area contributed by atoms with E-state index in [0.717, 1.165) is 10.9 Å². The number of carbonyl (C=O) groups excluding carboxylic acids is 1. The molecule has 0 atom stereocenters. The fourth-order valence-electron chi connectivity index (χ4n) is 4.12. The maximum atomic E-state index is 13.8. The molecule has 9 heteroatoms. The van der Waals surface area contributed by atoms with Crippen molar-refractivity contribution in [3.63, 3.8) is 0 Å². The molecule has 2 aromatic carbocycles. The minimum atomic E-state index is -3.92. The molecule has 0 N–H and O–H groups in total. The summed E-state index contributed by atoms with van der Waals surface area (Å²) in [7, 11) is -3.92. The number of halogens is 1. The van der Waals surface area contributed by atoms with Crippen molar-refractivity contribution in [3.05, 3.63) is 59.1 Å². The first kappa shape index (κ1) is 23.4. The zero-order chi connectivity index (χ0) is 24.0. The first-order valence-corrected chi connectivity index (χ1v) is 12.6. The average molecular weight is 490 g/mol. The van der Waals surface area contributed by atoms with Crippen molar-refractivity contribution in [2.24, 2.45) is 0 Å². The zero-order valence-corrected chi connectivity index (χ0v) is 20.8. The molecule has 0 radical (unpaired) electrons. The second-order valence-electron chi connectivity index (χ2n) is 9.15. The number of piperazine rings is 1. The summed E-state index contributed by atoms with van der Waals surface area (Å²) in [5, 5.41) is 1.23. The van der Waals surface area contributed by atoms with E-state index in [2.05, 4.69) is 0 Å². The van der Waals surface area contributed by atoms with E-state index in [1.54, 1.807) is 23.1 Å². The Morgan fingerprint density at radius 2 is 1.67 bits per heavy atom. The molecule has 0 aliphatic carbocycles. The summed E-state index contributed by atoms with van der Waals surface area (Å²) in [6.45, 7) is 9.29. The quantitative estimate of drug-likeness (QED) is 0.523. The van der Waals surface area contributed by atoms with Crippen LogP contribution in [-0.4, -0.2) is 55.2 Å². The lowest BCUT2D eigenvalue weighted by atomic mass is 10.2. The van der Waals surface area contributed by atoms with Crippen LogP contribution in [0.4, 0.5) is 10.6 Å². The van der Waals surface area contributed by atoms with Crippen molar-refractivity contribution in [2.45, 2.75) is 38.2 Å². The first-order valence-electron chi connectivity index (χ1n) is 10.8. The summed E-state index contributed by atoms with van der Waals surface area (Å²) in [6.07, 6.45) is -0.356. The number of hydrogen-bond acceptors (Lipinski definition) is 5. The number of aryl methyl sites for hydroxylation is 1. The summed E-state index contributed by atoms with van der Waals surface area (Å²) in [6, 6.07) is 13.8. The molecular weight excluding hydrogens is 462 g/mol. The fourth-order valence-corrected chi connectivity index (χ4v) is 6.01. The normalized spacial score (nSPS) is 15.2. The van der Waals surface area contributed by atoms with Crippen molar-refractivity contribution in [1.82, 2.24) is 8.87 Å². The number of benzene rings is 2. The number of amides is 1. The van der Waals surface area contributed by atoms with Gasteiger partial charge in [0.1, 0.15) is 11.4 Å². The first-order chi connectivity index (χ1) is 15.5. The van der Waals surface area contributed by atoms with Crippen LogP contribution in [0.3, 0.4) is 0 Å². The smallest absolute Gasteiger partial charge is 0.410 e. The Bertz CT molecular complexity index is 1300. The second-order valence-corrected chi connectivity index (χ2v) is 11.4. The third-order valence-electron chi connectivity index (χ3n) is 5.62. The Balaban J connectivity index is 1.74. The van der Waals surface area contributed by atoms with Gasteiger partial charge in [0.05, 0.1) is 10.4 Å². The highest BCUT2D eigenvalue weighted by molar-refractivity contribution is 7.90. The minimum Gasteiger partial charge on any atom is -0.444 e. The van der Waals surface area contributed by atoms with Crippen LogP contribution in [0.1, 0.15) is 26.3 Å². The topological polar surface area (TPSA) is 71.8 Å². The lowest BCUT2D eigenvalue weighted by Crippen LogP contribution is -2.50. The monoisotopic (exact) mass is 489 g/mol. The highest BCUT2D eigenvalue weighted by Crippen LogP contribution is 2.36. The van der Waals surface area contributed by atoms with Crippen LogP contribution < -0.4 is 4.90 Å². The van der Waals surface area contributed by atoms with Gasteiger partial charge in [-0.3, -0.25) is 0 Å². The number of rotatable bonds is 3. The Labute approximate surface area is 199 Å². The van der Waals surface area contributed by atoms with Crippen LogP contribution in [0.5, 0.6) is 0 Å². The largest absolute Gasteiger partial charge is 0.444 e. The van der Waals surface area contributed by atoms with Gasteiger partial charge >= 0.3 is 6.09 Å². The summed E-state index contributed by atoms with van der Waals surface area (Å²) < 4.78 is 34.5. The molecule has 0 bridgehead atoms. The second kappa shape index (κ2) is 8.57. The van der Waals surface area contributed by atoms with Crippen LogP contribution in [-0.2, 0) is 14.8 Å². The minimum absolute atomic E-state index is 0.129. The molecule has 7 nitrogen and oxygen atoms in total. The Morgan fingerprint density at radius 1 is 1.00 bits per heavy atom. The number of anilines is 1. The van der Waals surface area contributed by atoms with Crippen LogP contribution in [0.15, 0.2) is 53.4 Å². The highest BCUT2D eigenvalue weighted by Gasteiger charge is 2.32. The molecule has 0 unspecified atom stereocenters. The average Bonchev–Trinajstić information content (AvgIpc) is 3.06. The molecule has 3 aromatic rings. The van der Waals surface area contributed by atoms with E-state index in [1.165, 1.54) is 10.0 Å². The molecule has 1 aliphatic heterocycles. The van der Waals surface area contributed by atoms with Crippen LogP contribution >= 0.6 is 11.6 Å². The molecule has 1 aromatic heterocycles. The third-order valence-corrected chi connectivity index (χ3v) is 7.55. The van der Waals surface area contributed by atoms with Crippen molar-refractivity contribution < 1.29 is 17.9 Å². The van der Waals surface area contributed by atoms with Crippen molar-refractivity contribution in [2.75, 3.05) is 31.1 Å². The van der Waals surface area contributed by atoms with Crippen molar-refractivity contribution in [3.8, 4) is 0 Å². The lowest BCUT2D eigenvalue weighted by molar-refractivity contribution is 0.0240. The van der Waals surface area contributed by atoms with Crippen LogP contribution in [0.25, 0.3) is 10.9 Å². The van der Waals surface area contributed by atoms with E-state index in [1.807, 2.05) is 56.9 Å². The Morgan fingerprint density at radius 3 is 2.30 bits per heavy atom.